The molecule has 13 heteroatoms. The summed E-state index contributed by atoms with van der Waals surface area (Å²) in [6, 6.07) is 10.5. The van der Waals surface area contributed by atoms with E-state index in [-0.39, 0.29) is 23.2 Å². The monoisotopic (exact) mass is 559 g/mol. The van der Waals surface area contributed by atoms with Crippen LogP contribution in [0.3, 0.4) is 0 Å². The van der Waals surface area contributed by atoms with Gasteiger partial charge in [-0.25, -0.2) is 24.1 Å². The molecule has 0 saturated carbocycles. The average molecular weight is 560 g/mol. The second-order valence-electron chi connectivity index (χ2n) is 9.14. The van der Waals surface area contributed by atoms with Crippen molar-refractivity contribution in [2.45, 2.75) is 44.7 Å². The fourth-order valence-electron chi connectivity index (χ4n) is 4.20. The molecule has 210 valence electrons. The minimum Gasteiger partial charge on any atom is -0.493 e. The lowest BCUT2D eigenvalue weighted by atomic mass is 9.93. The zero-order valence-electron chi connectivity index (χ0n) is 21.3. The SMILES string of the molecule is CCCCC(=O)c1ccc2c(c1)CC(c1nc3c(F)cc(-c4ccnc(N)n4)cc3[nH]1)CO2.O=C(O)C(F)(F)F. The van der Waals surface area contributed by atoms with E-state index in [9.17, 15) is 22.4 Å². The van der Waals surface area contributed by atoms with Crippen LogP contribution in [0.4, 0.5) is 23.5 Å². The summed E-state index contributed by atoms with van der Waals surface area (Å²) in [7, 11) is 0. The van der Waals surface area contributed by atoms with Gasteiger partial charge >= 0.3 is 12.1 Å². The van der Waals surface area contributed by atoms with Gasteiger partial charge in [-0.1, -0.05) is 13.3 Å². The van der Waals surface area contributed by atoms with Gasteiger partial charge < -0.3 is 20.6 Å². The second kappa shape index (κ2) is 11.7. The van der Waals surface area contributed by atoms with Crippen LogP contribution in [0.5, 0.6) is 5.75 Å². The average Bonchev–Trinajstić information content (AvgIpc) is 3.36. The Bertz CT molecular complexity index is 1550. The molecule has 1 aliphatic rings. The number of imidazole rings is 1. The van der Waals surface area contributed by atoms with Crippen molar-refractivity contribution in [3.05, 3.63) is 65.4 Å². The van der Waals surface area contributed by atoms with E-state index >= 15 is 0 Å². The van der Waals surface area contributed by atoms with Gasteiger partial charge in [0, 0.05) is 23.7 Å². The first-order chi connectivity index (χ1) is 19.0. The van der Waals surface area contributed by atoms with Crippen molar-refractivity contribution in [1.29, 1.82) is 0 Å². The van der Waals surface area contributed by atoms with E-state index in [1.54, 1.807) is 12.1 Å². The zero-order valence-corrected chi connectivity index (χ0v) is 21.3. The van der Waals surface area contributed by atoms with Crippen LogP contribution in [0.1, 0.15) is 53.8 Å². The number of rotatable bonds is 6. The molecular weight excluding hydrogens is 534 g/mol. The van der Waals surface area contributed by atoms with Crippen molar-refractivity contribution in [2.75, 3.05) is 12.3 Å². The Labute approximate surface area is 225 Å². The lowest BCUT2D eigenvalue weighted by molar-refractivity contribution is -0.192. The fourth-order valence-corrected chi connectivity index (χ4v) is 4.20. The summed E-state index contributed by atoms with van der Waals surface area (Å²) in [6.45, 7) is 2.49. The highest BCUT2D eigenvalue weighted by molar-refractivity contribution is 5.96. The normalized spacial score (nSPS) is 14.6. The Morgan fingerprint density at radius 2 is 1.93 bits per heavy atom. The maximum absolute atomic E-state index is 14.9. The number of carbonyl (C=O) groups is 2. The number of nitrogens with zero attached hydrogens (tertiary/aromatic N) is 3. The number of nitrogens with one attached hydrogen (secondary N) is 1. The predicted octanol–water partition coefficient (Wildman–Crippen LogP) is 5.47. The minimum atomic E-state index is -5.08. The summed E-state index contributed by atoms with van der Waals surface area (Å²) in [4.78, 5) is 37.2. The molecule has 0 bridgehead atoms. The molecule has 0 radical (unpaired) electrons. The van der Waals surface area contributed by atoms with Crippen molar-refractivity contribution in [3.8, 4) is 17.0 Å². The molecule has 3 heterocycles. The van der Waals surface area contributed by atoms with E-state index in [0.717, 1.165) is 24.2 Å². The molecule has 0 fully saturated rings. The van der Waals surface area contributed by atoms with Crippen molar-refractivity contribution < 1.29 is 37.0 Å². The number of fused-ring (bicyclic) bond motifs is 2. The predicted molar refractivity (Wildman–Crippen MR) is 137 cm³/mol. The number of anilines is 1. The first kappa shape index (κ1) is 28.5. The summed E-state index contributed by atoms with van der Waals surface area (Å²) in [5, 5.41) is 7.12. The fraction of sp³-hybridized carbons (Fsp3) is 0.296. The molecule has 1 aliphatic heterocycles. The van der Waals surface area contributed by atoms with Gasteiger partial charge in [0.2, 0.25) is 5.95 Å². The van der Waals surface area contributed by atoms with Crippen LogP contribution in [0.2, 0.25) is 0 Å². The van der Waals surface area contributed by atoms with Crippen molar-refractivity contribution in [3.63, 3.8) is 0 Å². The first-order valence-electron chi connectivity index (χ1n) is 12.3. The maximum atomic E-state index is 14.9. The first-order valence-corrected chi connectivity index (χ1v) is 12.3. The third-order valence-corrected chi connectivity index (χ3v) is 6.20. The van der Waals surface area contributed by atoms with Gasteiger partial charge in [-0.15, -0.1) is 0 Å². The number of aromatic amines is 1. The highest BCUT2D eigenvalue weighted by atomic mass is 19.4. The van der Waals surface area contributed by atoms with Crippen molar-refractivity contribution >= 4 is 28.7 Å². The van der Waals surface area contributed by atoms with Gasteiger partial charge in [0.15, 0.2) is 11.6 Å². The van der Waals surface area contributed by atoms with E-state index in [0.29, 0.717) is 47.6 Å². The third kappa shape index (κ3) is 6.53. The topological polar surface area (TPSA) is 144 Å². The number of ketones is 1. The van der Waals surface area contributed by atoms with E-state index < -0.39 is 18.0 Å². The summed E-state index contributed by atoms with van der Waals surface area (Å²) < 4.78 is 52.5. The summed E-state index contributed by atoms with van der Waals surface area (Å²) in [5.74, 6) is -1.57. The van der Waals surface area contributed by atoms with Gasteiger partial charge in [-0.3, -0.25) is 4.79 Å². The van der Waals surface area contributed by atoms with Gasteiger partial charge in [0.1, 0.15) is 17.1 Å². The molecule has 4 N–H and O–H groups in total. The van der Waals surface area contributed by atoms with Crippen molar-refractivity contribution in [1.82, 2.24) is 19.9 Å². The van der Waals surface area contributed by atoms with E-state index in [1.807, 2.05) is 18.2 Å². The molecule has 0 amide bonds. The highest BCUT2D eigenvalue weighted by Gasteiger charge is 2.38. The number of nitrogens with two attached hydrogens (primary N) is 1. The Kier molecular flexibility index (Phi) is 8.31. The number of benzene rings is 2. The summed E-state index contributed by atoms with van der Waals surface area (Å²) in [5.41, 5.74) is 9.31. The number of ether oxygens (including phenoxy) is 1. The van der Waals surface area contributed by atoms with Crippen LogP contribution >= 0.6 is 0 Å². The maximum Gasteiger partial charge on any atom is 0.490 e. The number of alkyl halides is 3. The smallest absolute Gasteiger partial charge is 0.490 e. The third-order valence-electron chi connectivity index (χ3n) is 6.20. The molecule has 9 nitrogen and oxygen atoms in total. The molecule has 40 heavy (non-hydrogen) atoms. The molecule has 5 rings (SSSR count). The Balaban J connectivity index is 0.000000470. The van der Waals surface area contributed by atoms with Crippen molar-refractivity contribution in [2.24, 2.45) is 0 Å². The van der Waals surface area contributed by atoms with E-state index in [1.165, 1.54) is 12.3 Å². The van der Waals surface area contributed by atoms with Gasteiger partial charge in [-0.05, 0) is 54.8 Å². The number of carboxylic acids is 1. The number of carboxylic acid groups (broad SMARTS) is 1. The van der Waals surface area contributed by atoms with Gasteiger partial charge in [-0.2, -0.15) is 13.2 Å². The number of Topliss-reactive ketones (excluding diaryl/α,β-unsaturated/α-hetero) is 1. The lowest BCUT2D eigenvalue weighted by Gasteiger charge is -2.24. The largest absolute Gasteiger partial charge is 0.493 e. The van der Waals surface area contributed by atoms with E-state index in [2.05, 4.69) is 26.9 Å². The second-order valence-corrected chi connectivity index (χ2v) is 9.14. The lowest BCUT2D eigenvalue weighted by Crippen LogP contribution is -2.21. The van der Waals surface area contributed by atoms with Crippen LogP contribution in [0, 0.1) is 5.82 Å². The molecule has 2 aromatic heterocycles. The Hall–Kier alpha value is -4.55. The number of nitrogen functional groups attached to an aromatic ring is 1. The molecule has 1 atom stereocenters. The van der Waals surface area contributed by atoms with Gasteiger partial charge in [0.05, 0.1) is 23.7 Å². The molecule has 1 unspecified atom stereocenters. The molecule has 0 saturated heterocycles. The molecule has 4 aromatic rings. The number of unbranched alkanes of at least 4 members (excludes halogenated alkanes) is 1. The minimum absolute atomic E-state index is 0.0801. The number of H-pyrrole nitrogens is 1. The molecule has 0 aliphatic carbocycles. The Morgan fingerprint density at radius 3 is 2.60 bits per heavy atom. The number of aliphatic carboxylic acids is 1. The quantitative estimate of drug-likeness (QED) is 0.209. The van der Waals surface area contributed by atoms with Crippen LogP contribution in [0.15, 0.2) is 42.6 Å². The standard InChI is InChI=1S/C25H24FN5O2.C2HF3O2/c1-2-3-4-21(32)14-5-6-22-16(9-14)10-17(13-33-22)24-29-20-12-15(11-18(26)23(20)31-24)19-7-8-28-25(27)30-19;3-2(4,5)1(6)7/h5-9,11-12,17H,2-4,10,13H2,1H3,(H,29,31)(H2,27,28,30);(H,6,7). The van der Waals surface area contributed by atoms with Crippen LogP contribution in [-0.4, -0.2) is 49.6 Å². The molecule has 2 aromatic carbocycles. The van der Waals surface area contributed by atoms with Gasteiger partial charge in [0.25, 0.3) is 0 Å². The summed E-state index contributed by atoms with van der Waals surface area (Å²) >= 11 is 0. The number of aromatic nitrogens is 4. The summed E-state index contributed by atoms with van der Waals surface area (Å²) in [6.07, 6.45) is -0.486. The van der Waals surface area contributed by atoms with E-state index in [4.69, 9.17) is 20.4 Å². The van der Waals surface area contributed by atoms with Crippen LogP contribution in [0.25, 0.3) is 22.3 Å². The van der Waals surface area contributed by atoms with Crippen LogP contribution in [-0.2, 0) is 11.2 Å². The Morgan fingerprint density at radius 1 is 1.18 bits per heavy atom. The number of hydrogen-bond acceptors (Lipinski definition) is 7. The molecule has 0 spiro atoms. The number of hydrogen-bond donors (Lipinski definition) is 3. The molecular formula is C27H25F4N5O4. The zero-order chi connectivity index (χ0) is 29.0. The number of halogens is 4. The van der Waals surface area contributed by atoms with Crippen LogP contribution < -0.4 is 10.5 Å². The highest BCUT2D eigenvalue weighted by Crippen LogP contribution is 2.34. The number of carbonyl (C=O) groups excluding carboxylic acids is 1.